The summed E-state index contributed by atoms with van der Waals surface area (Å²) in [6, 6.07) is 11.4. The molecule has 1 saturated heterocycles. The minimum atomic E-state index is -4.54. The van der Waals surface area contributed by atoms with Crippen molar-refractivity contribution in [3.05, 3.63) is 59.7 Å². The summed E-state index contributed by atoms with van der Waals surface area (Å²) < 4.78 is 49.4. The summed E-state index contributed by atoms with van der Waals surface area (Å²) >= 11 is 0. The van der Waals surface area contributed by atoms with Crippen molar-refractivity contribution in [2.45, 2.75) is 12.3 Å². The molecule has 1 heterocycles. The molecular weight excluding hydrogens is 323 g/mol. The van der Waals surface area contributed by atoms with E-state index in [1.54, 1.807) is 30.3 Å². The third kappa shape index (κ3) is 4.26. The Morgan fingerprint density at radius 3 is 2.54 bits per heavy atom. The summed E-state index contributed by atoms with van der Waals surface area (Å²) in [5, 5.41) is 2.46. The molecule has 0 saturated carbocycles. The molecule has 3 rings (SSSR count). The lowest BCUT2D eigenvalue weighted by Crippen LogP contribution is -2.14. The van der Waals surface area contributed by atoms with Crippen molar-refractivity contribution in [1.82, 2.24) is 0 Å². The highest BCUT2D eigenvalue weighted by Gasteiger charge is 2.32. The number of anilines is 1. The van der Waals surface area contributed by atoms with Crippen molar-refractivity contribution in [3.63, 3.8) is 0 Å². The number of epoxide rings is 1. The van der Waals surface area contributed by atoms with Gasteiger partial charge in [0.15, 0.2) is 0 Å². The summed E-state index contributed by atoms with van der Waals surface area (Å²) in [5.41, 5.74) is -0.519. The van der Waals surface area contributed by atoms with Crippen LogP contribution in [0.15, 0.2) is 48.5 Å². The van der Waals surface area contributed by atoms with Crippen LogP contribution in [0.4, 0.5) is 18.9 Å². The molecule has 126 valence electrons. The van der Waals surface area contributed by atoms with Crippen LogP contribution in [0.1, 0.15) is 15.9 Å². The molecule has 2 aromatic carbocycles. The molecule has 1 amide bonds. The van der Waals surface area contributed by atoms with Crippen LogP contribution < -0.4 is 10.1 Å². The van der Waals surface area contributed by atoms with Gasteiger partial charge in [0.2, 0.25) is 0 Å². The Labute approximate surface area is 136 Å². The molecule has 1 atom stereocenters. The smallest absolute Gasteiger partial charge is 0.416 e. The second kappa shape index (κ2) is 6.52. The van der Waals surface area contributed by atoms with Gasteiger partial charge in [-0.3, -0.25) is 4.79 Å². The molecular formula is C17H14F3NO3. The van der Waals surface area contributed by atoms with E-state index in [0.29, 0.717) is 12.2 Å². The van der Waals surface area contributed by atoms with Gasteiger partial charge in [0.05, 0.1) is 12.2 Å². The van der Waals surface area contributed by atoms with Crippen LogP contribution in [0.25, 0.3) is 0 Å². The van der Waals surface area contributed by atoms with Crippen molar-refractivity contribution in [1.29, 1.82) is 0 Å². The summed E-state index contributed by atoms with van der Waals surface area (Å²) in [7, 11) is 0. The van der Waals surface area contributed by atoms with E-state index in [-0.39, 0.29) is 24.1 Å². The van der Waals surface area contributed by atoms with E-state index < -0.39 is 17.6 Å². The molecule has 0 aromatic heterocycles. The van der Waals surface area contributed by atoms with E-state index in [1.807, 2.05) is 0 Å². The van der Waals surface area contributed by atoms with Gasteiger partial charge in [-0.2, -0.15) is 13.2 Å². The highest BCUT2D eigenvalue weighted by Crippen LogP contribution is 2.34. The van der Waals surface area contributed by atoms with Gasteiger partial charge >= 0.3 is 6.18 Å². The summed E-state index contributed by atoms with van der Waals surface area (Å²) in [5.74, 6) is -0.463. The molecule has 0 radical (unpaired) electrons. The van der Waals surface area contributed by atoms with E-state index in [1.165, 1.54) is 6.07 Å². The number of hydrogen-bond acceptors (Lipinski definition) is 3. The van der Waals surface area contributed by atoms with Crippen molar-refractivity contribution >= 4 is 11.6 Å². The molecule has 1 aliphatic heterocycles. The first-order valence-electron chi connectivity index (χ1n) is 7.25. The number of rotatable bonds is 5. The van der Waals surface area contributed by atoms with Crippen LogP contribution in [-0.4, -0.2) is 25.2 Å². The van der Waals surface area contributed by atoms with Crippen LogP contribution in [-0.2, 0) is 10.9 Å². The second-order valence-corrected chi connectivity index (χ2v) is 5.33. The lowest BCUT2D eigenvalue weighted by molar-refractivity contribution is -0.137. The van der Waals surface area contributed by atoms with Gasteiger partial charge in [-0.25, -0.2) is 0 Å². The fraction of sp³-hybridized carbons (Fsp3) is 0.235. The molecule has 1 fully saturated rings. The Morgan fingerprint density at radius 1 is 1.21 bits per heavy atom. The summed E-state index contributed by atoms with van der Waals surface area (Å²) in [4.78, 5) is 12.1. The predicted molar refractivity (Wildman–Crippen MR) is 81.1 cm³/mol. The minimum absolute atomic E-state index is 0.0189. The third-order valence-electron chi connectivity index (χ3n) is 3.37. The molecule has 0 bridgehead atoms. The lowest BCUT2D eigenvalue weighted by atomic mass is 10.1. The Morgan fingerprint density at radius 2 is 1.92 bits per heavy atom. The SMILES string of the molecule is O=C(Nc1cc(OCC2CO2)cc(C(F)(F)F)c1)c1ccccc1. The van der Waals surface area contributed by atoms with Gasteiger partial charge in [-0.15, -0.1) is 0 Å². The van der Waals surface area contributed by atoms with E-state index in [4.69, 9.17) is 9.47 Å². The number of amides is 1. The summed E-state index contributed by atoms with van der Waals surface area (Å²) in [6.07, 6.45) is -4.62. The second-order valence-electron chi connectivity index (χ2n) is 5.33. The van der Waals surface area contributed by atoms with E-state index in [0.717, 1.165) is 12.1 Å². The van der Waals surface area contributed by atoms with Gasteiger partial charge in [-0.1, -0.05) is 18.2 Å². The number of carbonyl (C=O) groups excluding carboxylic acids is 1. The standard InChI is InChI=1S/C17H14F3NO3/c18-17(19,20)12-6-13(8-14(7-12)23-9-15-10-24-15)21-16(22)11-4-2-1-3-5-11/h1-8,15H,9-10H2,(H,21,22). The van der Waals surface area contributed by atoms with Crippen LogP contribution >= 0.6 is 0 Å². The van der Waals surface area contributed by atoms with Crippen LogP contribution in [0, 0.1) is 0 Å². The maximum atomic E-state index is 13.0. The highest BCUT2D eigenvalue weighted by molar-refractivity contribution is 6.04. The average Bonchev–Trinajstić information content (AvgIpc) is 3.37. The molecule has 24 heavy (non-hydrogen) atoms. The molecule has 4 nitrogen and oxygen atoms in total. The number of benzene rings is 2. The van der Waals surface area contributed by atoms with Gasteiger partial charge in [0, 0.05) is 17.3 Å². The number of nitrogens with one attached hydrogen (secondary N) is 1. The third-order valence-corrected chi connectivity index (χ3v) is 3.37. The Balaban J connectivity index is 1.82. The molecule has 0 aliphatic carbocycles. The van der Waals surface area contributed by atoms with E-state index in [9.17, 15) is 18.0 Å². The fourth-order valence-corrected chi connectivity index (χ4v) is 2.06. The zero-order valence-electron chi connectivity index (χ0n) is 12.5. The Kier molecular flexibility index (Phi) is 4.44. The number of alkyl halides is 3. The van der Waals surface area contributed by atoms with Gasteiger partial charge in [0.1, 0.15) is 18.5 Å². The number of hydrogen-bond donors (Lipinski definition) is 1. The Bertz CT molecular complexity index is 728. The monoisotopic (exact) mass is 337 g/mol. The number of ether oxygens (including phenoxy) is 2. The average molecular weight is 337 g/mol. The van der Waals surface area contributed by atoms with Gasteiger partial charge in [0.25, 0.3) is 5.91 Å². The lowest BCUT2D eigenvalue weighted by Gasteiger charge is -2.13. The van der Waals surface area contributed by atoms with Crippen LogP contribution in [0.5, 0.6) is 5.75 Å². The maximum absolute atomic E-state index is 13.0. The van der Waals surface area contributed by atoms with Gasteiger partial charge in [-0.05, 0) is 24.3 Å². The zero-order chi connectivity index (χ0) is 17.2. The molecule has 1 aliphatic rings. The van der Waals surface area contributed by atoms with Crippen LogP contribution in [0.3, 0.4) is 0 Å². The van der Waals surface area contributed by atoms with Crippen LogP contribution in [0.2, 0.25) is 0 Å². The molecule has 7 heteroatoms. The molecule has 2 aromatic rings. The zero-order valence-corrected chi connectivity index (χ0v) is 12.5. The first kappa shape index (κ1) is 16.3. The fourth-order valence-electron chi connectivity index (χ4n) is 2.06. The largest absolute Gasteiger partial charge is 0.491 e. The van der Waals surface area contributed by atoms with Gasteiger partial charge < -0.3 is 14.8 Å². The topological polar surface area (TPSA) is 50.9 Å². The van der Waals surface area contributed by atoms with Crippen molar-refractivity contribution in [2.24, 2.45) is 0 Å². The minimum Gasteiger partial charge on any atom is -0.491 e. The number of carbonyl (C=O) groups is 1. The maximum Gasteiger partial charge on any atom is 0.416 e. The van der Waals surface area contributed by atoms with E-state index in [2.05, 4.69) is 5.32 Å². The number of halogens is 3. The Hall–Kier alpha value is -2.54. The molecule has 1 unspecified atom stereocenters. The molecule has 0 spiro atoms. The highest BCUT2D eigenvalue weighted by atomic mass is 19.4. The molecule has 1 N–H and O–H groups in total. The predicted octanol–water partition coefficient (Wildman–Crippen LogP) is 3.74. The van der Waals surface area contributed by atoms with E-state index >= 15 is 0 Å². The van der Waals surface area contributed by atoms with Crippen molar-refractivity contribution in [2.75, 3.05) is 18.5 Å². The van der Waals surface area contributed by atoms with Crippen molar-refractivity contribution in [3.8, 4) is 5.75 Å². The summed E-state index contributed by atoms with van der Waals surface area (Å²) in [6.45, 7) is 0.712. The first-order chi connectivity index (χ1) is 11.4. The quantitative estimate of drug-likeness (QED) is 0.846. The van der Waals surface area contributed by atoms with Crippen molar-refractivity contribution < 1.29 is 27.4 Å². The first-order valence-corrected chi connectivity index (χ1v) is 7.25. The normalized spacial score (nSPS) is 16.5.